The fraction of sp³-hybridized carbons (Fsp3) is 0.438. The number of nitrogens with zero attached hydrogens (tertiary/aromatic N) is 1. The molecule has 1 fully saturated rings. The number of hydrogen-bond acceptors (Lipinski definition) is 5. The van der Waals surface area contributed by atoms with Crippen molar-refractivity contribution in [1.29, 1.82) is 0 Å². The van der Waals surface area contributed by atoms with Gasteiger partial charge in [0, 0.05) is 0 Å². The van der Waals surface area contributed by atoms with Crippen LogP contribution in [0.15, 0.2) is 30.3 Å². The summed E-state index contributed by atoms with van der Waals surface area (Å²) in [5.41, 5.74) is 1.04. The molecule has 1 aliphatic heterocycles. The average Bonchev–Trinajstić information content (AvgIpc) is 2.75. The molecule has 1 amide bonds. The molecule has 0 N–H and O–H groups in total. The Morgan fingerprint density at radius 2 is 2.00 bits per heavy atom. The summed E-state index contributed by atoms with van der Waals surface area (Å²) in [6, 6.07) is 8.01. The number of carbonyl (C=O) groups excluding carboxylic acids is 3. The average molecular weight is 305 g/mol. The fourth-order valence-corrected chi connectivity index (χ4v) is 2.45. The number of carbonyl (C=O) groups is 3. The molecule has 0 spiro atoms. The Hall–Kier alpha value is -2.37. The van der Waals surface area contributed by atoms with Crippen molar-refractivity contribution in [2.24, 2.45) is 0 Å². The summed E-state index contributed by atoms with van der Waals surface area (Å²) >= 11 is 0. The van der Waals surface area contributed by atoms with Gasteiger partial charge in [0.1, 0.15) is 12.1 Å². The molecule has 6 nitrogen and oxygen atoms in total. The first-order valence-electron chi connectivity index (χ1n) is 7.29. The van der Waals surface area contributed by atoms with Crippen LogP contribution in [0.2, 0.25) is 0 Å². The first kappa shape index (κ1) is 16.0. The van der Waals surface area contributed by atoms with Gasteiger partial charge in [0.15, 0.2) is 0 Å². The normalized spacial score (nSPS) is 19.0. The number of amides is 1. The minimum atomic E-state index is -0.825. The van der Waals surface area contributed by atoms with Crippen LogP contribution in [-0.2, 0) is 25.5 Å². The van der Waals surface area contributed by atoms with Gasteiger partial charge < -0.3 is 9.47 Å². The molecular weight excluding hydrogens is 286 g/mol. The van der Waals surface area contributed by atoms with Gasteiger partial charge in [-0.1, -0.05) is 30.3 Å². The fourth-order valence-electron chi connectivity index (χ4n) is 2.45. The number of rotatable bonds is 6. The molecule has 1 aliphatic rings. The number of aryl methyl sites for hydroxylation is 1. The van der Waals surface area contributed by atoms with Crippen LogP contribution >= 0.6 is 0 Å². The lowest BCUT2D eigenvalue weighted by molar-refractivity contribution is -0.149. The summed E-state index contributed by atoms with van der Waals surface area (Å²) in [5, 5.41) is 0. The van der Waals surface area contributed by atoms with Gasteiger partial charge in [-0.2, -0.15) is 0 Å². The predicted molar refractivity (Wildman–Crippen MR) is 78.0 cm³/mol. The first-order valence-corrected chi connectivity index (χ1v) is 7.29. The molecule has 2 rings (SSSR count). The van der Waals surface area contributed by atoms with Gasteiger partial charge in [0.05, 0.1) is 6.61 Å². The van der Waals surface area contributed by atoms with Crippen molar-refractivity contribution in [2.45, 2.75) is 38.8 Å². The molecule has 2 atom stereocenters. The van der Waals surface area contributed by atoms with E-state index in [-0.39, 0.29) is 6.61 Å². The van der Waals surface area contributed by atoms with Crippen LogP contribution < -0.4 is 0 Å². The predicted octanol–water partition coefficient (Wildman–Crippen LogP) is 1.92. The van der Waals surface area contributed by atoms with Crippen LogP contribution in [0.3, 0.4) is 0 Å². The van der Waals surface area contributed by atoms with Crippen LogP contribution in [0.25, 0.3) is 0 Å². The van der Waals surface area contributed by atoms with Gasteiger partial charge in [-0.05, 0) is 32.3 Å². The molecule has 0 aromatic heterocycles. The van der Waals surface area contributed by atoms with E-state index in [0.717, 1.165) is 5.56 Å². The van der Waals surface area contributed by atoms with Crippen molar-refractivity contribution in [1.82, 2.24) is 4.90 Å². The third kappa shape index (κ3) is 3.44. The summed E-state index contributed by atoms with van der Waals surface area (Å²) in [5.74, 6) is -1.16. The Labute approximate surface area is 129 Å². The topological polar surface area (TPSA) is 72.9 Å². The second-order valence-electron chi connectivity index (χ2n) is 5.06. The van der Waals surface area contributed by atoms with Crippen molar-refractivity contribution in [3.63, 3.8) is 0 Å². The standard InChI is InChI=1S/C16H19NO5/c1-3-21-15(19)13(10-9-12-7-5-4-6-8-12)17-11(2)14(18)22-16(17)20/h4-8,11,13H,3,9-10H2,1-2H3/t11-,13-/m1/s1. The molecule has 118 valence electrons. The van der Waals surface area contributed by atoms with Crippen molar-refractivity contribution >= 4 is 18.0 Å². The highest BCUT2D eigenvalue weighted by atomic mass is 16.6. The highest BCUT2D eigenvalue weighted by molar-refractivity contribution is 5.97. The molecule has 0 saturated carbocycles. The van der Waals surface area contributed by atoms with Crippen LogP contribution in [0.4, 0.5) is 4.79 Å². The molecule has 1 heterocycles. The molecule has 1 saturated heterocycles. The largest absolute Gasteiger partial charge is 0.464 e. The summed E-state index contributed by atoms with van der Waals surface area (Å²) in [7, 11) is 0. The molecule has 22 heavy (non-hydrogen) atoms. The van der Waals surface area contributed by atoms with E-state index in [1.807, 2.05) is 30.3 Å². The van der Waals surface area contributed by atoms with Crippen molar-refractivity contribution in [2.75, 3.05) is 6.61 Å². The maximum atomic E-state index is 12.2. The first-order chi connectivity index (χ1) is 10.5. The second-order valence-corrected chi connectivity index (χ2v) is 5.06. The van der Waals surface area contributed by atoms with E-state index in [4.69, 9.17) is 4.74 Å². The molecule has 0 radical (unpaired) electrons. The third-order valence-electron chi connectivity index (χ3n) is 3.60. The van der Waals surface area contributed by atoms with E-state index in [0.29, 0.717) is 12.8 Å². The van der Waals surface area contributed by atoms with Gasteiger partial charge >= 0.3 is 18.0 Å². The van der Waals surface area contributed by atoms with Gasteiger partial charge in [0.2, 0.25) is 0 Å². The van der Waals surface area contributed by atoms with Crippen molar-refractivity contribution in [3.8, 4) is 0 Å². The zero-order chi connectivity index (χ0) is 16.1. The maximum Gasteiger partial charge on any atom is 0.419 e. The summed E-state index contributed by atoms with van der Waals surface area (Å²) in [4.78, 5) is 36.7. The van der Waals surface area contributed by atoms with Gasteiger partial charge in [-0.3, -0.25) is 4.90 Å². The number of esters is 2. The third-order valence-corrected chi connectivity index (χ3v) is 3.60. The Bertz CT molecular complexity index is 557. The van der Waals surface area contributed by atoms with Gasteiger partial charge in [-0.15, -0.1) is 0 Å². The van der Waals surface area contributed by atoms with E-state index in [9.17, 15) is 14.4 Å². The zero-order valence-electron chi connectivity index (χ0n) is 12.7. The number of benzene rings is 1. The maximum absolute atomic E-state index is 12.2. The monoisotopic (exact) mass is 305 g/mol. The molecule has 6 heteroatoms. The quantitative estimate of drug-likeness (QED) is 0.593. The van der Waals surface area contributed by atoms with Crippen LogP contribution in [0.1, 0.15) is 25.8 Å². The summed E-state index contributed by atoms with van der Waals surface area (Å²) in [6.07, 6.45) is 0.175. The molecule has 0 unspecified atom stereocenters. The van der Waals surface area contributed by atoms with Crippen molar-refractivity contribution in [3.05, 3.63) is 35.9 Å². The Morgan fingerprint density at radius 3 is 2.55 bits per heavy atom. The summed E-state index contributed by atoms with van der Waals surface area (Å²) in [6.45, 7) is 3.46. The lowest BCUT2D eigenvalue weighted by Gasteiger charge is -2.26. The minimum absolute atomic E-state index is 0.214. The van der Waals surface area contributed by atoms with E-state index in [2.05, 4.69) is 4.74 Å². The molecule has 1 aromatic carbocycles. The smallest absolute Gasteiger partial charge is 0.419 e. The summed E-state index contributed by atoms with van der Waals surface area (Å²) < 4.78 is 9.62. The number of hydrogen-bond donors (Lipinski definition) is 0. The van der Waals surface area contributed by atoms with Crippen molar-refractivity contribution < 1.29 is 23.9 Å². The second kappa shape index (κ2) is 7.06. The molecular formula is C16H19NO5. The molecule has 1 aromatic rings. The van der Waals surface area contributed by atoms with Gasteiger partial charge in [-0.25, -0.2) is 14.4 Å². The van der Waals surface area contributed by atoms with Crippen LogP contribution in [0, 0.1) is 0 Å². The van der Waals surface area contributed by atoms with E-state index < -0.39 is 30.1 Å². The highest BCUT2D eigenvalue weighted by Crippen LogP contribution is 2.21. The van der Waals surface area contributed by atoms with E-state index in [1.165, 1.54) is 4.90 Å². The Kier molecular flexibility index (Phi) is 5.14. The van der Waals surface area contributed by atoms with E-state index in [1.54, 1.807) is 13.8 Å². The SMILES string of the molecule is CCOC(=O)[C@@H](CCc1ccccc1)N1C(=O)OC(=O)[C@H]1C. The molecule has 0 bridgehead atoms. The number of cyclic esters (lactones) is 2. The van der Waals surface area contributed by atoms with E-state index >= 15 is 0 Å². The van der Waals surface area contributed by atoms with Crippen LogP contribution in [-0.4, -0.2) is 41.6 Å². The van der Waals surface area contributed by atoms with Gasteiger partial charge in [0.25, 0.3) is 0 Å². The lowest BCUT2D eigenvalue weighted by Crippen LogP contribution is -2.47. The Morgan fingerprint density at radius 1 is 1.32 bits per heavy atom. The Balaban J connectivity index is 2.14. The minimum Gasteiger partial charge on any atom is -0.464 e. The van der Waals surface area contributed by atoms with Crippen LogP contribution in [0.5, 0.6) is 0 Å². The molecule has 0 aliphatic carbocycles. The zero-order valence-corrected chi connectivity index (χ0v) is 12.7. The lowest BCUT2D eigenvalue weighted by atomic mass is 10.0. The highest BCUT2D eigenvalue weighted by Gasteiger charge is 2.45. The number of ether oxygens (including phenoxy) is 2.